The third-order valence-electron chi connectivity index (χ3n) is 5.40. The minimum Gasteiger partial charge on any atom is -0.497 e. The molecule has 0 saturated heterocycles. The minimum absolute atomic E-state index is 0.0749. The molecule has 2 aliphatic heterocycles. The van der Waals surface area contributed by atoms with Crippen LogP contribution < -0.4 is 24.4 Å². The minimum atomic E-state index is -0.394. The molecule has 0 spiro atoms. The standard InChI is InChI=1S/C23H26N2O4/c1-15-11-23(2,3)25(19-7-6-17(27-4)10-18(15)19)22(26)13-24-12-16-5-8-20-21(9-16)29-14-28-20/h5-11,24H,12-14H2,1-4H3/p+1. The molecule has 152 valence electrons. The summed E-state index contributed by atoms with van der Waals surface area (Å²) in [5.41, 5.74) is 3.82. The van der Waals surface area contributed by atoms with Crippen molar-refractivity contribution < 1.29 is 24.3 Å². The summed E-state index contributed by atoms with van der Waals surface area (Å²) in [6, 6.07) is 11.8. The number of ether oxygens (including phenoxy) is 3. The van der Waals surface area contributed by atoms with E-state index in [4.69, 9.17) is 14.2 Å². The molecule has 2 N–H and O–H groups in total. The first-order chi connectivity index (χ1) is 13.9. The average molecular weight is 395 g/mol. The van der Waals surface area contributed by atoms with Crippen LogP contribution >= 0.6 is 0 Å². The number of hydrogen-bond donors (Lipinski definition) is 1. The van der Waals surface area contributed by atoms with Gasteiger partial charge in [0.05, 0.1) is 18.3 Å². The number of amides is 1. The van der Waals surface area contributed by atoms with Gasteiger partial charge in [0.25, 0.3) is 5.91 Å². The smallest absolute Gasteiger partial charge is 0.282 e. The molecule has 4 rings (SSSR count). The van der Waals surface area contributed by atoms with E-state index in [2.05, 4.69) is 26.8 Å². The van der Waals surface area contributed by atoms with Gasteiger partial charge in [-0.3, -0.25) is 9.69 Å². The van der Waals surface area contributed by atoms with Gasteiger partial charge in [0.15, 0.2) is 18.0 Å². The highest BCUT2D eigenvalue weighted by molar-refractivity contribution is 6.01. The second-order valence-corrected chi connectivity index (χ2v) is 7.98. The summed E-state index contributed by atoms with van der Waals surface area (Å²) in [4.78, 5) is 15.1. The number of allylic oxidation sites excluding steroid dienone is 1. The van der Waals surface area contributed by atoms with Crippen LogP contribution in [0.4, 0.5) is 5.69 Å². The van der Waals surface area contributed by atoms with Crippen molar-refractivity contribution in [2.75, 3.05) is 25.3 Å². The van der Waals surface area contributed by atoms with Crippen LogP contribution in [0.25, 0.3) is 5.57 Å². The predicted molar refractivity (Wildman–Crippen MR) is 111 cm³/mol. The van der Waals surface area contributed by atoms with Gasteiger partial charge in [-0.15, -0.1) is 0 Å². The number of methoxy groups -OCH3 is 1. The summed E-state index contributed by atoms with van der Waals surface area (Å²) < 4.78 is 16.1. The van der Waals surface area contributed by atoms with Crippen LogP contribution in [0.3, 0.4) is 0 Å². The van der Waals surface area contributed by atoms with Crippen molar-refractivity contribution in [2.45, 2.75) is 32.9 Å². The summed E-state index contributed by atoms with van der Waals surface area (Å²) in [7, 11) is 1.65. The number of carbonyl (C=O) groups excluding carboxylic acids is 1. The third-order valence-corrected chi connectivity index (χ3v) is 5.40. The van der Waals surface area contributed by atoms with E-state index in [9.17, 15) is 4.79 Å². The average Bonchev–Trinajstić information content (AvgIpc) is 3.15. The Hall–Kier alpha value is -2.99. The molecule has 0 radical (unpaired) electrons. The lowest BCUT2D eigenvalue weighted by atomic mass is 9.88. The Morgan fingerprint density at radius 1 is 1.17 bits per heavy atom. The van der Waals surface area contributed by atoms with Gasteiger partial charge in [0, 0.05) is 11.1 Å². The summed E-state index contributed by atoms with van der Waals surface area (Å²) >= 11 is 0. The Bertz CT molecular complexity index is 981. The van der Waals surface area contributed by atoms with Crippen LogP contribution in [0.15, 0.2) is 42.5 Å². The second-order valence-electron chi connectivity index (χ2n) is 7.98. The molecule has 0 fully saturated rings. The largest absolute Gasteiger partial charge is 0.497 e. The quantitative estimate of drug-likeness (QED) is 0.846. The van der Waals surface area contributed by atoms with Gasteiger partial charge >= 0.3 is 0 Å². The number of rotatable bonds is 5. The summed E-state index contributed by atoms with van der Waals surface area (Å²) in [6.45, 7) is 7.53. The van der Waals surface area contributed by atoms with Gasteiger partial charge in [0.1, 0.15) is 12.3 Å². The zero-order valence-electron chi connectivity index (χ0n) is 17.3. The lowest BCUT2D eigenvalue weighted by molar-refractivity contribution is -0.659. The Morgan fingerprint density at radius 2 is 1.97 bits per heavy atom. The van der Waals surface area contributed by atoms with Crippen molar-refractivity contribution in [3.63, 3.8) is 0 Å². The van der Waals surface area contributed by atoms with E-state index >= 15 is 0 Å². The van der Waals surface area contributed by atoms with Gasteiger partial charge in [-0.2, -0.15) is 0 Å². The Morgan fingerprint density at radius 3 is 2.76 bits per heavy atom. The monoisotopic (exact) mass is 395 g/mol. The van der Waals surface area contributed by atoms with Crippen LogP contribution in [0, 0.1) is 0 Å². The lowest BCUT2D eigenvalue weighted by Gasteiger charge is -2.41. The fourth-order valence-corrected chi connectivity index (χ4v) is 4.11. The highest BCUT2D eigenvalue weighted by Gasteiger charge is 2.36. The molecule has 2 heterocycles. The van der Waals surface area contributed by atoms with E-state index in [0.717, 1.165) is 39.6 Å². The fraction of sp³-hybridized carbons (Fsp3) is 0.348. The molecule has 0 aromatic heterocycles. The van der Waals surface area contributed by atoms with Gasteiger partial charge in [-0.25, -0.2) is 0 Å². The number of fused-ring (bicyclic) bond motifs is 2. The Balaban J connectivity index is 1.49. The number of hydrogen-bond acceptors (Lipinski definition) is 4. The molecule has 2 aromatic rings. The Kier molecular flexibility index (Phi) is 4.96. The first-order valence-corrected chi connectivity index (χ1v) is 9.80. The van der Waals surface area contributed by atoms with Crippen molar-refractivity contribution in [1.82, 2.24) is 0 Å². The van der Waals surface area contributed by atoms with Gasteiger partial charge in [0.2, 0.25) is 6.79 Å². The van der Waals surface area contributed by atoms with Crippen molar-refractivity contribution in [3.05, 3.63) is 53.6 Å². The first kappa shape index (κ1) is 19.3. The molecule has 6 nitrogen and oxygen atoms in total. The maximum Gasteiger partial charge on any atom is 0.282 e. The second kappa shape index (κ2) is 7.44. The van der Waals surface area contributed by atoms with E-state index in [0.29, 0.717) is 13.1 Å². The third kappa shape index (κ3) is 3.68. The summed E-state index contributed by atoms with van der Waals surface area (Å²) in [5, 5.41) is 2.02. The first-order valence-electron chi connectivity index (χ1n) is 9.80. The lowest BCUT2D eigenvalue weighted by Crippen LogP contribution is -2.85. The predicted octanol–water partition coefficient (Wildman–Crippen LogP) is 2.72. The molecule has 0 bridgehead atoms. The van der Waals surface area contributed by atoms with Crippen LogP contribution in [0.1, 0.15) is 31.9 Å². The molecule has 2 aromatic carbocycles. The van der Waals surface area contributed by atoms with E-state index in [1.54, 1.807) is 7.11 Å². The normalized spacial score (nSPS) is 16.3. The van der Waals surface area contributed by atoms with Crippen LogP contribution in [0.2, 0.25) is 0 Å². The number of carbonyl (C=O) groups is 1. The molecule has 2 aliphatic rings. The molecule has 1 amide bonds. The van der Waals surface area contributed by atoms with Crippen LogP contribution in [0.5, 0.6) is 17.2 Å². The van der Waals surface area contributed by atoms with Gasteiger partial charge < -0.3 is 19.5 Å². The van der Waals surface area contributed by atoms with E-state index < -0.39 is 5.54 Å². The van der Waals surface area contributed by atoms with E-state index in [-0.39, 0.29) is 12.7 Å². The summed E-state index contributed by atoms with van der Waals surface area (Å²) in [5.74, 6) is 2.40. The number of nitrogens with two attached hydrogens (primary N) is 1. The zero-order valence-corrected chi connectivity index (χ0v) is 17.3. The molecular formula is C23H27N2O4+. The van der Waals surface area contributed by atoms with E-state index in [1.165, 1.54) is 0 Å². The molecular weight excluding hydrogens is 368 g/mol. The van der Waals surface area contributed by atoms with Gasteiger partial charge in [-0.1, -0.05) is 6.08 Å². The van der Waals surface area contributed by atoms with Crippen molar-refractivity contribution in [1.29, 1.82) is 0 Å². The number of benzene rings is 2. The maximum absolute atomic E-state index is 13.2. The number of anilines is 1. The zero-order chi connectivity index (χ0) is 20.6. The topological polar surface area (TPSA) is 64.6 Å². The van der Waals surface area contributed by atoms with Crippen molar-refractivity contribution in [2.24, 2.45) is 0 Å². The van der Waals surface area contributed by atoms with Crippen LogP contribution in [-0.2, 0) is 11.3 Å². The Labute approximate surface area is 171 Å². The molecule has 0 unspecified atom stereocenters. The molecule has 0 atom stereocenters. The van der Waals surface area contributed by atoms with Crippen molar-refractivity contribution in [3.8, 4) is 17.2 Å². The molecule has 6 heteroatoms. The maximum atomic E-state index is 13.2. The fourth-order valence-electron chi connectivity index (χ4n) is 4.11. The van der Waals surface area contributed by atoms with Crippen LogP contribution in [-0.4, -0.2) is 31.9 Å². The molecule has 0 saturated carbocycles. The highest BCUT2D eigenvalue weighted by Crippen LogP contribution is 2.40. The molecule has 29 heavy (non-hydrogen) atoms. The van der Waals surface area contributed by atoms with E-state index in [1.807, 2.05) is 46.6 Å². The SMILES string of the molecule is COc1ccc2c(c1)C(C)=CC(C)(C)N2C(=O)C[NH2+]Cc1ccc2c(c1)OCO2. The number of quaternary nitrogens is 1. The highest BCUT2D eigenvalue weighted by atomic mass is 16.7. The summed E-state index contributed by atoms with van der Waals surface area (Å²) in [6.07, 6.45) is 2.14. The van der Waals surface area contributed by atoms with Gasteiger partial charge in [-0.05, 0) is 62.7 Å². The number of nitrogens with zero attached hydrogens (tertiary/aromatic N) is 1. The van der Waals surface area contributed by atoms with Crippen molar-refractivity contribution >= 4 is 17.2 Å². The molecule has 0 aliphatic carbocycles.